The van der Waals surface area contributed by atoms with Crippen molar-refractivity contribution in [3.8, 4) is 17.2 Å². The van der Waals surface area contributed by atoms with Crippen LogP contribution in [0.3, 0.4) is 0 Å². The standard InChI is InChI=1S/C44H56N2O6S/c1-5-24-49-44-41(53-25-19-32-17-20-45-21-18-32)29-39(46-50-6-2)37-27-33(11-7-9-22-47)36(12-8-10-23-48)42(43(37)44)38-28-35(15-16-40(38)52-44)51-34-14-13-30(3)31(4)26-34/h5,13-18,20-21,26-28,33,36,41-43,47-48H,1,6-12,19,22-25,29H2,2-4H3. The first-order valence-electron chi connectivity index (χ1n) is 19.4. The van der Waals surface area contributed by atoms with Crippen molar-refractivity contribution in [2.24, 2.45) is 22.9 Å². The number of rotatable bonds is 19. The lowest BCUT2D eigenvalue weighted by atomic mass is 9.56. The summed E-state index contributed by atoms with van der Waals surface area (Å²) in [6.07, 6.45) is 14.7. The minimum Gasteiger partial charge on any atom is -0.460 e. The maximum absolute atomic E-state index is 9.88. The molecule has 8 nitrogen and oxygen atoms in total. The molecule has 284 valence electrons. The fourth-order valence-electron chi connectivity index (χ4n) is 8.46. The van der Waals surface area contributed by atoms with Gasteiger partial charge in [0.2, 0.25) is 5.79 Å². The van der Waals surface area contributed by atoms with Gasteiger partial charge >= 0.3 is 0 Å². The highest BCUT2D eigenvalue weighted by atomic mass is 32.2. The van der Waals surface area contributed by atoms with Crippen LogP contribution in [-0.4, -0.2) is 64.1 Å². The molecule has 1 aliphatic heterocycles. The van der Waals surface area contributed by atoms with Gasteiger partial charge in [-0.1, -0.05) is 36.2 Å². The van der Waals surface area contributed by atoms with Crippen LogP contribution in [0.25, 0.3) is 0 Å². The Balaban J connectivity index is 1.50. The highest BCUT2D eigenvalue weighted by Gasteiger charge is 2.64. The van der Waals surface area contributed by atoms with E-state index in [4.69, 9.17) is 24.2 Å². The Labute approximate surface area is 319 Å². The first kappa shape index (κ1) is 39.1. The topological polar surface area (TPSA) is 103 Å². The molecule has 6 atom stereocenters. The fraction of sp³-hybridized carbons (Fsp3) is 0.500. The molecule has 6 rings (SSSR count). The van der Waals surface area contributed by atoms with E-state index in [2.05, 4.69) is 67.9 Å². The zero-order valence-corrected chi connectivity index (χ0v) is 32.4. The minimum atomic E-state index is -0.992. The normalized spacial score (nSPS) is 25.2. The summed E-state index contributed by atoms with van der Waals surface area (Å²) >= 11 is 1.87. The molecule has 0 radical (unpaired) electrons. The average Bonchev–Trinajstić information content (AvgIpc) is 3.17. The van der Waals surface area contributed by atoms with Crippen LogP contribution in [0.1, 0.15) is 80.0 Å². The maximum atomic E-state index is 9.88. The summed E-state index contributed by atoms with van der Waals surface area (Å²) in [6, 6.07) is 16.6. The first-order chi connectivity index (χ1) is 25.9. The lowest BCUT2D eigenvalue weighted by molar-refractivity contribution is -0.223. The summed E-state index contributed by atoms with van der Waals surface area (Å²) in [4.78, 5) is 10.1. The zero-order chi connectivity index (χ0) is 37.2. The van der Waals surface area contributed by atoms with Gasteiger partial charge in [0.05, 0.1) is 23.5 Å². The summed E-state index contributed by atoms with van der Waals surface area (Å²) < 4.78 is 20.9. The molecule has 9 heteroatoms. The van der Waals surface area contributed by atoms with Crippen LogP contribution in [0, 0.1) is 31.6 Å². The Morgan fingerprint density at radius 2 is 1.74 bits per heavy atom. The summed E-state index contributed by atoms with van der Waals surface area (Å²) in [5, 5.41) is 24.4. The summed E-state index contributed by atoms with van der Waals surface area (Å²) in [7, 11) is 0. The van der Waals surface area contributed by atoms with E-state index >= 15 is 0 Å². The molecule has 1 saturated carbocycles. The summed E-state index contributed by atoms with van der Waals surface area (Å²) in [5.74, 6) is 2.55. The van der Waals surface area contributed by atoms with Gasteiger partial charge in [-0.15, -0.1) is 6.58 Å². The van der Waals surface area contributed by atoms with E-state index in [-0.39, 0.29) is 42.1 Å². The van der Waals surface area contributed by atoms with Crippen molar-refractivity contribution in [3.63, 3.8) is 0 Å². The SMILES string of the molecule is C=CCOC12Oc3ccc(Oc4ccc(C)c(C)c4)cc3C3C(CCCCO)C(CCCCO)C=C(C(=NOCC)CC1SCCc1ccncc1)C32. The largest absolute Gasteiger partial charge is 0.460 e. The third-order valence-electron chi connectivity index (χ3n) is 11.1. The molecule has 2 N–H and O–H groups in total. The average molecular weight is 741 g/mol. The predicted octanol–water partition coefficient (Wildman–Crippen LogP) is 9.12. The Hall–Kier alpha value is -3.63. The van der Waals surface area contributed by atoms with Crippen molar-refractivity contribution in [2.75, 3.05) is 32.2 Å². The number of aryl methyl sites for hydroxylation is 3. The molecule has 6 unspecified atom stereocenters. The van der Waals surface area contributed by atoms with E-state index in [0.717, 1.165) is 84.8 Å². The lowest BCUT2D eigenvalue weighted by Gasteiger charge is -2.58. The van der Waals surface area contributed by atoms with E-state index in [0.29, 0.717) is 19.6 Å². The minimum absolute atomic E-state index is 0.0140. The van der Waals surface area contributed by atoms with Gasteiger partial charge in [0.15, 0.2) is 0 Å². The Bertz CT molecular complexity index is 1730. The molecule has 3 aromatic rings. The summed E-state index contributed by atoms with van der Waals surface area (Å²) in [5.41, 5.74) is 6.85. The number of benzene rings is 2. The van der Waals surface area contributed by atoms with E-state index in [1.54, 1.807) is 0 Å². The van der Waals surface area contributed by atoms with Gasteiger partial charge in [-0.25, -0.2) is 0 Å². The van der Waals surface area contributed by atoms with Crippen LogP contribution >= 0.6 is 11.8 Å². The zero-order valence-electron chi connectivity index (χ0n) is 31.5. The number of hydrogen-bond acceptors (Lipinski definition) is 9. The van der Waals surface area contributed by atoms with Crippen LogP contribution < -0.4 is 9.47 Å². The number of pyridine rings is 1. The second-order valence-corrected chi connectivity index (χ2v) is 15.8. The van der Waals surface area contributed by atoms with Crippen LogP contribution in [0.2, 0.25) is 0 Å². The molecule has 53 heavy (non-hydrogen) atoms. The van der Waals surface area contributed by atoms with Gasteiger partial charge in [0.1, 0.15) is 23.9 Å². The van der Waals surface area contributed by atoms with Crippen LogP contribution in [0.15, 0.2) is 90.4 Å². The van der Waals surface area contributed by atoms with Gasteiger partial charge in [0.25, 0.3) is 0 Å². The molecule has 0 amide bonds. The van der Waals surface area contributed by atoms with Gasteiger partial charge in [-0.3, -0.25) is 4.98 Å². The van der Waals surface area contributed by atoms with Gasteiger partial charge < -0.3 is 29.3 Å². The first-order valence-corrected chi connectivity index (χ1v) is 20.4. The van der Waals surface area contributed by atoms with Crippen molar-refractivity contribution < 1.29 is 29.3 Å². The molecular formula is C44H56N2O6S. The third-order valence-corrected chi connectivity index (χ3v) is 12.4. The third kappa shape index (κ3) is 8.86. The van der Waals surface area contributed by atoms with Crippen molar-refractivity contribution in [1.29, 1.82) is 0 Å². The molecule has 1 fully saturated rings. The highest BCUT2D eigenvalue weighted by molar-refractivity contribution is 8.00. The molecule has 2 aromatic carbocycles. The smallest absolute Gasteiger partial charge is 0.230 e. The molecular weight excluding hydrogens is 685 g/mol. The molecule has 2 aliphatic carbocycles. The molecule has 0 spiro atoms. The molecule has 3 aliphatic rings. The van der Waals surface area contributed by atoms with Crippen molar-refractivity contribution in [2.45, 2.75) is 89.1 Å². The maximum Gasteiger partial charge on any atom is 0.230 e. The second-order valence-electron chi connectivity index (χ2n) is 14.5. The van der Waals surface area contributed by atoms with Crippen LogP contribution in [0.5, 0.6) is 17.2 Å². The molecule has 0 saturated heterocycles. The summed E-state index contributed by atoms with van der Waals surface area (Å²) in [6.45, 7) is 11.4. The number of oxime groups is 1. The van der Waals surface area contributed by atoms with E-state index < -0.39 is 5.79 Å². The monoisotopic (exact) mass is 740 g/mol. The second kappa shape index (κ2) is 18.6. The Morgan fingerprint density at radius 3 is 2.47 bits per heavy atom. The van der Waals surface area contributed by atoms with Crippen molar-refractivity contribution >= 4 is 17.5 Å². The van der Waals surface area contributed by atoms with Crippen molar-refractivity contribution in [1.82, 2.24) is 4.98 Å². The number of hydrogen-bond donors (Lipinski definition) is 2. The molecule has 2 heterocycles. The van der Waals surface area contributed by atoms with Crippen LogP contribution in [-0.2, 0) is 16.0 Å². The van der Waals surface area contributed by atoms with Crippen LogP contribution in [0.4, 0.5) is 0 Å². The van der Waals surface area contributed by atoms with E-state index in [1.807, 2.05) is 49.3 Å². The van der Waals surface area contributed by atoms with Gasteiger partial charge in [-0.05, 0) is 135 Å². The Morgan fingerprint density at radius 1 is 0.981 bits per heavy atom. The number of aliphatic hydroxyl groups is 2. The number of allylic oxidation sites excluding steroid dienone is 1. The highest BCUT2D eigenvalue weighted by Crippen LogP contribution is 2.62. The number of unbranched alkanes of at least 4 members (excludes halogenated alkanes) is 2. The van der Waals surface area contributed by atoms with Gasteiger partial charge in [0, 0.05) is 43.5 Å². The Kier molecular flexibility index (Phi) is 13.7. The number of aliphatic hydroxyl groups excluding tert-OH is 2. The van der Waals surface area contributed by atoms with Gasteiger partial charge in [-0.2, -0.15) is 11.8 Å². The number of aromatic nitrogens is 1. The molecule has 1 aromatic heterocycles. The predicted molar refractivity (Wildman–Crippen MR) is 213 cm³/mol. The quantitative estimate of drug-likeness (QED) is 0.0713. The number of fused-ring (bicyclic) bond motifs is 2. The van der Waals surface area contributed by atoms with Crippen molar-refractivity contribution in [3.05, 3.63) is 107 Å². The lowest BCUT2D eigenvalue weighted by Crippen LogP contribution is -2.64. The number of ether oxygens (including phenoxy) is 3. The fourth-order valence-corrected chi connectivity index (χ4v) is 9.87. The number of nitrogens with zero attached hydrogens (tertiary/aromatic N) is 2. The molecule has 0 bridgehead atoms. The number of thioether (sulfide) groups is 1. The van der Waals surface area contributed by atoms with E-state index in [1.165, 1.54) is 16.7 Å². The van der Waals surface area contributed by atoms with E-state index in [9.17, 15) is 10.2 Å².